The van der Waals surface area contributed by atoms with Crippen LogP contribution < -0.4 is 0 Å². The topological polar surface area (TPSA) is 50.9 Å². The van der Waals surface area contributed by atoms with Crippen LogP contribution in [-0.4, -0.2) is 19.6 Å². The number of phenols is 1. The highest BCUT2D eigenvalue weighted by molar-refractivity contribution is 5.75. The first-order valence-corrected chi connectivity index (χ1v) is 6.90. The van der Waals surface area contributed by atoms with Gasteiger partial charge in [0, 0.05) is 18.7 Å². The quantitative estimate of drug-likeness (QED) is 0.791. The van der Waals surface area contributed by atoms with E-state index in [-0.39, 0.29) is 0 Å². The van der Waals surface area contributed by atoms with Crippen LogP contribution in [0, 0.1) is 0 Å². The van der Waals surface area contributed by atoms with Crippen molar-refractivity contribution in [1.29, 1.82) is 0 Å². The van der Waals surface area contributed by atoms with Crippen molar-refractivity contribution in [2.45, 2.75) is 25.3 Å². The minimum absolute atomic E-state index is 0.304. The Morgan fingerprint density at radius 3 is 2.95 bits per heavy atom. The third-order valence-electron chi connectivity index (χ3n) is 3.75. The maximum Gasteiger partial charge on any atom is 0.115 e. The van der Waals surface area contributed by atoms with Gasteiger partial charge in [0.25, 0.3) is 0 Å². The molecule has 0 spiro atoms. The predicted molar refractivity (Wildman–Crippen MR) is 76.7 cm³/mol. The monoisotopic (exact) mass is 265 g/mol. The van der Waals surface area contributed by atoms with E-state index in [0.29, 0.717) is 11.8 Å². The minimum atomic E-state index is 0.304. The van der Waals surface area contributed by atoms with Gasteiger partial charge >= 0.3 is 0 Å². The summed E-state index contributed by atoms with van der Waals surface area (Å²) in [5, 5.41) is 9.58. The van der Waals surface area contributed by atoms with Crippen LogP contribution in [-0.2, 0) is 6.42 Å². The smallest absolute Gasteiger partial charge is 0.115 e. The van der Waals surface area contributed by atoms with Gasteiger partial charge in [-0.1, -0.05) is 12.1 Å². The number of hydrogen-bond acceptors (Lipinski definition) is 3. The van der Waals surface area contributed by atoms with E-state index in [1.165, 1.54) is 12.8 Å². The Bertz CT molecular complexity index is 774. The fourth-order valence-electron chi connectivity index (χ4n) is 2.71. The Balaban J connectivity index is 1.81. The molecular weight excluding hydrogens is 250 g/mol. The van der Waals surface area contributed by atoms with Gasteiger partial charge in [-0.2, -0.15) is 0 Å². The average Bonchev–Trinajstić information content (AvgIpc) is 3.20. The van der Waals surface area contributed by atoms with Crippen molar-refractivity contribution in [2.24, 2.45) is 0 Å². The zero-order valence-electron chi connectivity index (χ0n) is 11.0. The summed E-state index contributed by atoms with van der Waals surface area (Å²) in [5.74, 6) is 1.36. The Hall–Kier alpha value is -2.36. The van der Waals surface area contributed by atoms with Crippen molar-refractivity contribution < 1.29 is 5.11 Å². The molecule has 1 saturated carbocycles. The van der Waals surface area contributed by atoms with Crippen molar-refractivity contribution in [3.05, 3.63) is 54.1 Å². The predicted octanol–water partition coefficient (Wildman–Crippen LogP) is 3.06. The van der Waals surface area contributed by atoms with Gasteiger partial charge < -0.3 is 9.67 Å². The van der Waals surface area contributed by atoms with Crippen molar-refractivity contribution in [2.75, 3.05) is 0 Å². The molecule has 100 valence electrons. The first kappa shape index (κ1) is 11.5. The second kappa shape index (κ2) is 4.34. The van der Waals surface area contributed by atoms with E-state index in [0.717, 1.165) is 28.8 Å². The number of benzene rings is 1. The molecule has 1 N–H and O–H groups in total. The lowest BCUT2D eigenvalue weighted by atomic mass is 10.1. The van der Waals surface area contributed by atoms with Gasteiger partial charge in [0.05, 0.1) is 11.7 Å². The lowest BCUT2D eigenvalue weighted by Gasteiger charge is -2.07. The molecule has 2 heterocycles. The molecule has 4 rings (SSSR count). The van der Waals surface area contributed by atoms with Crippen LogP contribution in [0.15, 0.2) is 42.7 Å². The standard InChI is InChI=1S/C16H15N3O/c20-13-3-1-2-11(8-13)9-16-18-14-10-17-7-6-15(14)19(16)12-4-5-12/h1-3,6-8,10,12,20H,4-5,9H2. The highest BCUT2D eigenvalue weighted by Crippen LogP contribution is 2.39. The molecule has 0 amide bonds. The number of hydrogen-bond donors (Lipinski definition) is 1. The van der Waals surface area contributed by atoms with E-state index in [2.05, 4.69) is 9.55 Å². The summed E-state index contributed by atoms with van der Waals surface area (Å²) in [6, 6.07) is 10.00. The summed E-state index contributed by atoms with van der Waals surface area (Å²) in [5.41, 5.74) is 3.20. The van der Waals surface area contributed by atoms with Crippen LogP contribution in [0.1, 0.15) is 30.3 Å². The normalized spacial score (nSPS) is 14.8. The largest absolute Gasteiger partial charge is 0.508 e. The summed E-state index contributed by atoms with van der Waals surface area (Å²) in [6.45, 7) is 0. The van der Waals surface area contributed by atoms with Crippen LogP contribution in [0.2, 0.25) is 0 Å². The third-order valence-corrected chi connectivity index (χ3v) is 3.75. The molecule has 4 nitrogen and oxygen atoms in total. The number of rotatable bonds is 3. The van der Waals surface area contributed by atoms with Gasteiger partial charge in [-0.3, -0.25) is 4.98 Å². The molecule has 0 saturated heterocycles. The van der Waals surface area contributed by atoms with Crippen LogP contribution in [0.5, 0.6) is 5.75 Å². The summed E-state index contributed by atoms with van der Waals surface area (Å²) < 4.78 is 2.33. The molecular formula is C16H15N3O. The minimum Gasteiger partial charge on any atom is -0.508 e. The van der Waals surface area contributed by atoms with E-state index < -0.39 is 0 Å². The fraction of sp³-hybridized carbons (Fsp3) is 0.250. The van der Waals surface area contributed by atoms with E-state index in [1.807, 2.05) is 30.6 Å². The lowest BCUT2D eigenvalue weighted by molar-refractivity contribution is 0.474. The van der Waals surface area contributed by atoms with Gasteiger partial charge in [-0.15, -0.1) is 0 Å². The highest BCUT2D eigenvalue weighted by Gasteiger charge is 2.28. The van der Waals surface area contributed by atoms with Crippen molar-refractivity contribution in [3.8, 4) is 5.75 Å². The molecule has 0 radical (unpaired) electrons. The summed E-state index contributed by atoms with van der Waals surface area (Å²) in [6.07, 6.45) is 6.82. The molecule has 1 fully saturated rings. The zero-order valence-corrected chi connectivity index (χ0v) is 11.0. The molecule has 0 aliphatic heterocycles. The van der Waals surface area contributed by atoms with Crippen LogP contribution in [0.25, 0.3) is 11.0 Å². The molecule has 2 aromatic heterocycles. The molecule has 1 aliphatic rings. The lowest BCUT2D eigenvalue weighted by Crippen LogP contribution is -2.02. The van der Waals surface area contributed by atoms with E-state index in [9.17, 15) is 5.11 Å². The van der Waals surface area contributed by atoms with Gasteiger partial charge in [0.1, 0.15) is 17.1 Å². The Morgan fingerprint density at radius 2 is 2.15 bits per heavy atom. The summed E-state index contributed by atoms with van der Waals surface area (Å²) in [7, 11) is 0. The molecule has 0 unspecified atom stereocenters. The Kier molecular flexibility index (Phi) is 2.49. The zero-order chi connectivity index (χ0) is 13.5. The number of aromatic hydroxyl groups is 1. The van der Waals surface area contributed by atoms with Crippen LogP contribution in [0.4, 0.5) is 0 Å². The first-order chi connectivity index (χ1) is 9.81. The van der Waals surface area contributed by atoms with Crippen molar-refractivity contribution in [3.63, 3.8) is 0 Å². The number of imidazole rings is 1. The number of fused-ring (bicyclic) bond motifs is 1. The van der Waals surface area contributed by atoms with Gasteiger partial charge in [0.15, 0.2) is 0 Å². The Morgan fingerprint density at radius 1 is 1.25 bits per heavy atom. The van der Waals surface area contributed by atoms with Crippen LogP contribution >= 0.6 is 0 Å². The number of nitrogens with zero attached hydrogens (tertiary/aromatic N) is 3. The van der Waals surface area contributed by atoms with Crippen LogP contribution in [0.3, 0.4) is 0 Å². The van der Waals surface area contributed by atoms with Crippen molar-refractivity contribution >= 4 is 11.0 Å². The second-order valence-electron chi connectivity index (χ2n) is 5.34. The van der Waals surface area contributed by atoms with Crippen molar-refractivity contribution in [1.82, 2.24) is 14.5 Å². The number of pyridine rings is 1. The molecule has 20 heavy (non-hydrogen) atoms. The van der Waals surface area contributed by atoms with E-state index in [1.54, 1.807) is 12.1 Å². The number of phenolic OH excluding ortho intramolecular Hbond substituents is 1. The maximum atomic E-state index is 9.58. The summed E-state index contributed by atoms with van der Waals surface area (Å²) >= 11 is 0. The molecule has 1 aliphatic carbocycles. The van der Waals surface area contributed by atoms with Gasteiger partial charge in [-0.05, 0) is 36.6 Å². The first-order valence-electron chi connectivity index (χ1n) is 6.90. The summed E-state index contributed by atoms with van der Waals surface area (Å²) in [4.78, 5) is 8.87. The maximum absolute atomic E-state index is 9.58. The molecule has 0 bridgehead atoms. The van der Waals surface area contributed by atoms with E-state index >= 15 is 0 Å². The molecule has 3 aromatic rings. The SMILES string of the molecule is Oc1cccc(Cc2nc3cnccc3n2C2CC2)c1. The molecule has 0 atom stereocenters. The fourth-order valence-corrected chi connectivity index (χ4v) is 2.71. The second-order valence-corrected chi connectivity index (χ2v) is 5.34. The van der Waals surface area contributed by atoms with Gasteiger partial charge in [0.2, 0.25) is 0 Å². The average molecular weight is 265 g/mol. The number of aromatic nitrogens is 3. The third kappa shape index (κ3) is 1.93. The van der Waals surface area contributed by atoms with Gasteiger partial charge in [-0.25, -0.2) is 4.98 Å². The van der Waals surface area contributed by atoms with E-state index in [4.69, 9.17) is 4.98 Å². The highest BCUT2D eigenvalue weighted by atomic mass is 16.3. The molecule has 4 heteroatoms. The Labute approximate surface area is 116 Å². The molecule has 1 aromatic carbocycles.